The van der Waals surface area contributed by atoms with E-state index < -0.39 is 28.0 Å². The second kappa shape index (κ2) is 4.94. The molecule has 2 atom stereocenters. The molecule has 0 amide bonds. The van der Waals surface area contributed by atoms with Crippen LogP contribution in [0.4, 0.5) is 0 Å². The SMILES string of the molecule is C=CCN(CC(=O)O)C1CS(=O)(=O)CC1O. The van der Waals surface area contributed by atoms with Gasteiger partial charge in [0.15, 0.2) is 9.84 Å². The summed E-state index contributed by atoms with van der Waals surface area (Å²) < 4.78 is 22.6. The van der Waals surface area contributed by atoms with Gasteiger partial charge in [0.1, 0.15) is 0 Å². The van der Waals surface area contributed by atoms with Crippen molar-refractivity contribution in [2.45, 2.75) is 12.1 Å². The molecule has 6 nitrogen and oxygen atoms in total. The summed E-state index contributed by atoms with van der Waals surface area (Å²) in [6.07, 6.45) is 0.463. The molecule has 16 heavy (non-hydrogen) atoms. The van der Waals surface area contributed by atoms with Crippen molar-refractivity contribution in [2.24, 2.45) is 0 Å². The molecule has 1 rings (SSSR count). The lowest BCUT2D eigenvalue weighted by molar-refractivity contribution is -0.139. The Kier molecular flexibility index (Phi) is 4.06. The predicted molar refractivity (Wildman–Crippen MR) is 57.9 cm³/mol. The Morgan fingerprint density at radius 1 is 1.50 bits per heavy atom. The fourth-order valence-electron chi connectivity index (χ4n) is 1.82. The number of carboxylic acids is 1. The van der Waals surface area contributed by atoms with Gasteiger partial charge in [-0.3, -0.25) is 9.69 Å². The second-order valence-corrected chi connectivity index (χ2v) is 5.98. The Morgan fingerprint density at radius 2 is 2.12 bits per heavy atom. The Labute approximate surface area is 94.1 Å². The Hall–Kier alpha value is -0.920. The summed E-state index contributed by atoms with van der Waals surface area (Å²) >= 11 is 0. The van der Waals surface area contributed by atoms with E-state index in [-0.39, 0.29) is 24.6 Å². The van der Waals surface area contributed by atoms with Gasteiger partial charge in [0, 0.05) is 6.54 Å². The summed E-state index contributed by atoms with van der Waals surface area (Å²) in [5.74, 6) is -1.56. The zero-order valence-corrected chi connectivity index (χ0v) is 9.56. The zero-order valence-electron chi connectivity index (χ0n) is 8.74. The van der Waals surface area contributed by atoms with Crippen LogP contribution in [0.15, 0.2) is 12.7 Å². The number of hydrogen-bond donors (Lipinski definition) is 2. The third kappa shape index (κ3) is 3.29. The first-order valence-electron chi connectivity index (χ1n) is 4.81. The van der Waals surface area contributed by atoms with Crippen molar-refractivity contribution in [1.82, 2.24) is 4.90 Å². The maximum Gasteiger partial charge on any atom is 0.317 e. The molecule has 0 radical (unpaired) electrons. The number of aliphatic hydroxyl groups excluding tert-OH is 1. The van der Waals surface area contributed by atoms with E-state index in [2.05, 4.69) is 6.58 Å². The first-order chi connectivity index (χ1) is 7.35. The van der Waals surface area contributed by atoms with Gasteiger partial charge in [-0.15, -0.1) is 6.58 Å². The van der Waals surface area contributed by atoms with Crippen molar-refractivity contribution in [2.75, 3.05) is 24.6 Å². The largest absolute Gasteiger partial charge is 0.480 e. The van der Waals surface area contributed by atoms with Crippen LogP contribution in [0.2, 0.25) is 0 Å². The molecule has 7 heteroatoms. The van der Waals surface area contributed by atoms with Crippen molar-refractivity contribution in [3.8, 4) is 0 Å². The van der Waals surface area contributed by atoms with Crippen LogP contribution in [-0.2, 0) is 14.6 Å². The molecule has 0 saturated carbocycles. The molecule has 1 saturated heterocycles. The first kappa shape index (κ1) is 13.1. The minimum absolute atomic E-state index is 0.199. The van der Waals surface area contributed by atoms with Gasteiger partial charge in [0.2, 0.25) is 0 Å². The summed E-state index contributed by atoms with van der Waals surface area (Å²) in [4.78, 5) is 12.0. The molecule has 1 fully saturated rings. The molecule has 2 N–H and O–H groups in total. The summed E-state index contributed by atoms with van der Waals surface area (Å²) in [7, 11) is -3.26. The number of rotatable bonds is 5. The molecule has 0 aromatic carbocycles. The molecule has 0 spiro atoms. The Balaban J connectivity index is 2.78. The van der Waals surface area contributed by atoms with Crippen molar-refractivity contribution < 1.29 is 23.4 Å². The normalized spacial score (nSPS) is 28.1. The number of nitrogens with zero attached hydrogens (tertiary/aromatic N) is 1. The Bertz CT molecular complexity index is 377. The van der Waals surface area contributed by atoms with Crippen LogP contribution >= 0.6 is 0 Å². The van der Waals surface area contributed by atoms with Gasteiger partial charge in [0.25, 0.3) is 0 Å². The third-order valence-corrected chi connectivity index (χ3v) is 4.16. The van der Waals surface area contributed by atoms with Gasteiger partial charge in [-0.1, -0.05) is 6.08 Å². The van der Waals surface area contributed by atoms with Gasteiger partial charge in [-0.2, -0.15) is 0 Å². The highest BCUT2D eigenvalue weighted by Crippen LogP contribution is 2.18. The summed E-state index contributed by atoms with van der Waals surface area (Å²) in [5, 5.41) is 18.3. The minimum atomic E-state index is -3.26. The van der Waals surface area contributed by atoms with E-state index in [4.69, 9.17) is 5.11 Å². The number of aliphatic carboxylic acids is 1. The molecule has 92 valence electrons. The first-order valence-corrected chi connectivity index (χ1v) is 6.63. The zero-order chi connectivity index (χ0) is 12.3. The summed E-state index contributed by atoms with van der Waals surface area (Å²) in [5.41, 5.74) is 0. The molecule has 1 aliphatic rings. The van der Waals surface area contributed by atoms with Crippen LogP contribution in [0.5, 0.6) is 0 Å². The fraction of sp³-hybridized carbons (Fsp3) is 0.667. The molecule has 0 aromatic heterocycles. The highest BCUT2D eigenvalue weighted by Gasteiger charge is 2.40. The van der Waals surface area contributed by atoms with Crippen molar-refractivity contribution in [1.29, 1.82) is 0 Å². The second-order valence-electron chi connectivity index (χ2n) is 3.82. The lowest BCUT2D eigenvalue weighted by Gasteiger charge is -2.27. The highest BCUT2D eigenvalue weighted by atomic mass is 32.2. The molecule has 2 unspecified atom stereocenters. The van der Waals surface area contributed by atoms with Crippen molar-refractivity contribution in [3.05, 3.63) is 12.7 Å². The maximum absolute atomic E-state index is 11.3. The van der Waals surface area contributed by atoms with Crippen molar-refractivity contribution >= 4 is 15.8 Å². The molecule has 1 aliphatic heterocycles. The van der Waals surface area contributed by atoms with Crippen LogP contribution in [0, 0.1) is 0 Å². The quantitative estimate of drug-likeness (QED) is 0.589. The van der Waals surface area contributed by atoms with E-state index >= 15 is 0 Å². The molecule has 0 aromatic rings. The Morgan fingerprint density at radius 3 is 2.50 bits per heavy atom. The third-order valence-electron chi connectivity index (χ3n) is 2.46. The average molecular weight is 249 g/mol. The van der Waals surface area contributed by atoms with Gasteiger partial charge in [-0.05, 0) is 0 Å². The van der Waals surface area contributed by atoms with Crippen LogP contribution < -0.4 is 0 Å². The van der Waals surface area contributed by atoms with E-state index in [0.717, 1.165) is 0 Å². The van der Waals surface area contributed by atoms with E-state index in [1.54, 1.807) is 0 Å². The topological polar surface area (TPSA) is 94.9 Å². The number of hydrogen-bond acceptors (Lipinski definition) is 5. The molecule has 0 bridgehead atoms. The van der Waals surface area contributed by atoms with E-state index in [1.165, 1.54) is 11.0 Å². The van der Waals surface area contributed by atoms with Crippen LogP contribution in [0.25, 0.3) is 0 Å². The number of sulfone groups is 1. The maximum atomic E-state index is 11.3. The number of aliphatic hydroxyl groups is 1. The molecular weight excluding hydrogens is 234 g/mol. The lowest BCUT2D eigenvalue weighted by Crippen LogP contribution is -2.45. The van der Waals surface area contributed by atoms with Gasteiger partial charge < -0.3 is 10.2 Å². The smallest absolute Gasteiger partial charge is 0.317 e. The molecule has 1 heterocycles. The number of carboxylic acid groups (broad SMARTS) is 1. The van der Waals surface area contributed by atoms with Crippen LogP contribution in [0.3, 0.4) is 0 Å². The van der Waals surface area contributed by atoms with Crippen LogP contribution in [-0.4, -0.2) is 66.2 Å². The lowest BCUT2D eigenvalue weighted by atomic mass is 10.2. The fourth-order valence-corrected chi connectivity index (χ4v) is 3.65. The number of carbonyl (C=O) groups is 1. The van der Waals surface area contributed by atoms with Gasteiger partial charge in [0.05, 0.1) is 30.2 Å². The van der Waals surface area contributed by atoms with Gasteiger partial charge in [-0.25, -0.2) is 8.42 Å². The molecular formula is C9H15NO5S. The standard InChI is InChI=1S/C9H15NO5S/c1-2-3-10(4-9(12)13)7-5-16(14,15)6-8(7)11/h2,7-8,11H,1,3-6H2,(H,12,13). The van der Waals surface area contributed by atoms with Gasteiger partial charge >= 0.3 is 5.97 Å². The predicted octanol–water partition coefficient (Wildman–Crippen LogP) is -1.28. The van der Waals surface area contributed by atoms with Crippen LogP contribution in [0.1, 0.15) is 0 Å². The summed E-state index contributed by atoms with van der Waals surface area (Å²) in [6.45, 7) is 3.41. The highest BCUT2D eigenvalue weighted by molar-refractivity contribution is 7.91. The molecule has 0 aliphatic carbocycles. The minimum Gasteiger partial charge on any atom is -0.480 e. The van der Waals surface area contributed by atoms with E-state index in [0.29, 0.717) is 0 Å². The van der Waals surface area contributed by atoms with E-state index in [9.17, 15) is 18.3 Å². The monoisotopic (exact) mass is 249 g/mol. The summed E-state index contributed by atoms with van der Waals surface area (Å²) in [6, 6.07) is -0.654. The van der Waals surface area contributed by atoms with E-state index in [1.807, 2.05) is 0 Å². The van der Waals surface area contributed by atoms with Crippen molar-refractivity contribution in [3.63, 3.8) is 0 Å². The average Bonchev–Trinajstić information content (AvgIpc) is 2.38.